The van der Waals surface area contributed by atoms with E-state index in [-0.39, 0.29) is 29.0 Å². The fraction of sp³-hybridized carbons (Fsp3) is 0.407. The van der Waals surface area contributed by atoms with Crippen LogP contribution >= 0.6 is 0 Å². The molecular weight excluding hydrogens is 470 g/mol. The van der Waals surface area contributed by atoms with Crippen molar-refractivity contribution in [1.29, 1.82) is 0 Å². The molecule has 5 N–H and O–H groups in total. The number of carbonyl (C=O) groups is 1. The molecule has 37 heavy (non-hydrogen) atoms. The summed E-state index contributed by atoms with van der Waals surface area (Å²) in [6.07, 6.45) is 6.20. The largest absolute Gasteiger partial charge is 0.454 e. The van der Waals surface area contributed by atoms with E-state index in [9.17, 15) is 9.59 Å². The molecule has 3 aromatic rings. The molecule has 2 fully saturated rings. The van der Waals surface area contributed by atoms with Gasteiger partial charge in [-0.2, -0.15) is 5.10 Å². The quantitative estimate of drug-likeness (QED) is 0.346. The fourth-order valence-electron chi connectivity index (χ4n) is 4.90. The van der Waals surface area contributed by atoms with Crippen LogP contribution < -0.4 is 17.0 Å². The summed E-state index contributed by atoms with van der Waals surface area (Å²) in [5, 5.41) is 7.22. The van der Waals surface area contributed by atoms with Crippen molar-refractivity contribution in [2.75, 3.05) is 44.2 Å². The molecule has 2 aromatic heterocycles. The molecule has 2 saturated heterocycles. The Bertz CT molecular complexity index is 1440. The first kappa shape index (κ1) is 24.8. The van der Waals surface area contributed by atoms with E-state index in [2.05, 4.69) is 21.2 Å². The van der Waals surface area contributed by atoms with E-state index >= 15 is 0 Å². The van der Waals surface area contributed by atoms with Crippen LogP contribution in [0.1, 0.15) is 41.7 Å². The van der Waals surface area contributed by atoms with Crippen molar-refractivity contribution in [2.24, 2.45) is 4.99 Å². The number of hydrogen-bond donors (Lipinski definition) is 3. The van der Waals surface area contributed by atoms with Crippen LogP contribution in [-0.4, -0.2) is 70.4 Å². The van der Waals surface area contributed by atoms with Crippen LogP contribution in [-0.2, 0) is 4.79 Å². The van der Waals surface area contributed by atoms with Crippen molar-refractivity contribution < 1.29 is 9.21 Å². The predicted octanol–water partition coefficient (Wildman–Crippen LogP) is 2.39. The maximum Gasteiger partial charge on any atom is 0.288 e. The van der Waals surface area contributed by atoms with Gasteiger partial charge < -0.3 is 20.8 Å². The summed E-state index contributed by atoms with van der Waals surface area (Å²) in [6, 6.07) is 5.85. The Morgan fingerprint density at radius 1 is 1.22 bits per heavy atom. The molecule has 0 spiro atoms. The van der Waals surface area contributed by atoms with Gasteiger partial charge in [-0.1, -0.05) is 17.7 Å². The van der Waals surface area contributed by atoms with Gasteiger partial charge in [-0.3, -0.25) is 19.5 Å². The molecule has 194 valence electrons. The molecule has 2 aliphatic heterocycles. The molecule has 10 nitrogen and oxygen atoms in total. The number of nitrogen functional groups attached to an aromatic ring is 2. The smallest absolute Gasteiger partial charge is 0.288 e. The van der Waals surface area contributed by atoms with Gasteiger partial charge in [0.15, 0.2) is 11.6 Å². The minimum Gasteiger partial charge on any atom is -0.454 e. The van der Waals surface area contributed by atoms with E-state index in [0.717, 1.165) is 36.1 Å². The minimum atomic E-state index is -0.535. The summed E-state index contributed by atoms with van der Waals surface area (Å²) in [6.45, 7) is 8.18. The standard InChI is InChI=1S/C27H33N7O3/c1-16-6-7-20-19(15-16)17(2)25(37-20)24(22-23(28)27(36)32-31-26(22)29)30-18-8-13-34(14-9-18)21(35)5-3-10-33-11-4-12-33/h3,5-7,15,18H,4,8-14H2,1-2H3,(H,32,36)(H4,28,29,31)/b5-3+,30-24?. The molecule has 2 aliphatic rings. The van der Waals surface area contributed by atoms with E-state index in [1.165, 1.54) is 6.42 Å². The Morgan fingerprint density at radius 3 is 2.68 bits per heavy atom. The average Bonchev–Trinajstić information content (AvgIpc) is 3.18. The first-order valence-corrected chi connectivity index (χ1v) is 12.7. The third-order valence-electron chi connectivity index (χ3n) is 7.25. The van der Waals surface area contributed by atoms with Gasteiger partial charge in [0, 0.05) is 36.7 Å². The number of H-pyrrole nitrogens is 1. The Morgan fingerprint density at radius 2 is 1.97 bits per heavy atom. The lowest BCUT2D eigenvalue weighted by Gasteiger charge is -2.30. The van der Waals surface area contributed by atoms with Gasteiger partial charge in [0.05, 0.1) is 11.6 Å². The number of fused-ring (bicyclic) bond motifs is 1. The average molecular weight is 504 g/mol. The third kappa shape index (κ3) is 5.01. The molecule has 1 aromatic carbocycles. The topological polar surface area (TPSA) is 147 Å². The van der Waals surface area contributed by atoms with E-state index in [1.807, 2.05) is 37.0 Å². The Balaban J connectivity index is 1.43. The second-order valence-corrected chi connectivity index (χ2v) is 9.87. The number of likely N-dealkylation sites (tertiary alicyclic amines) is 2. The number of nitrogens with two attached hydrogens (primary N) is 2. The number of aliphatic imine (C=N–C) groups is 1. The normalized spacial score (nSPS) is 17.6. The van der Waals surface area contributed by atoms with Crippen LogP contribution in [0.3, 0.4) is 0 Å². The molecule has 0 bridgehead atoms. The summed E-state index contributed by atoms with van der Waals surface area (Å²) >= 11 is 0. The summed E-state index contributed by atoms with van der Waals surface area (Å²) in [4.78, 5) is 34.2. The number of rotatable bonds is 6. The minimum absolute atomic E-state index is 0.0268. The van der Waals surface area contributed by atoms with Gasteiger partial charge in [-0.05, 0) is 58.3 Å². The van der Waals surface area contributed by atoms with Crippen molar-refractivity contribution in [3.63, 3.8) is 0 Å². The molecule has 1 amide bonds. The molecule has 0 saturated carbocycles. The molecule has 5 rings (SSSR count). The molecule has 0 aliphatic carbocycles. The second kappa shape index (κ2) is 10.2. The van der Waals surface area contributed by atoms with Crippen molar-refractivity contribution >= 4 is 34.1 Å². The number of anilines is 2. The van der Waals surface area contributed by atoms with Crippen molar-refractivity contribution in [3.05, 3.63) is 63.2 Å². The number of carbonyl (C=O) groups excluding carboxylic acids is 1. The van der Waals surface area contributed by atoms with E-state index in [1.54, 1.807) is 6.08 Å². The number of nitrogens with zero attached hydrogens (tertiary/aromatic N) is 4. The third-order valence-corrected chi connectivity index (χ3v) is 7.25. The van der Waals surface area contributed by atoms with Crippen LogP contribution in [0, 0.1) is 13.8 Å². The number of aromatic amines is 1. The summed E-state index contributed by atoms with van der Waals surface area (Å²) in [5.41, 5.74) is 15.2. The summed E-state index contributed by atoms with van der Waals surface area (Å²) in [5.74, 6) is 0.615. The van der Waals surface area contributed by atoms with Gasteiger partial charge in [-0.25, -0.2) is 5.10 Å². The number of benzene rings is 1. The first-order chi connectivity index (χ1) is 17.8. The van der Waals surface area contributed by atoms with Crippen LogP contribution in [0.4, 0.5) is 11.5 Å². The Hall–Kier alpha value is -3.92. The zero-order valence-electron chi connectivity index (χ0n) is 21.3. The number of aryl methyl sites for hydroxylation is 2. The van der Waals surface area contributed by atoms with Gasteiger partial charge in [0.1, 0.15) is 17.0 Å². The van der Waals surface area contributed by atoms with Crippen LogP contribution in [0.2, 0.25) is 0 Å². The lowest BCUT2D eigenvalue weighted by atomic mass is 10.0. The van der Waals surface area contributed by atoms with Crippen LogP contribution in [0.5, 0.6) is 0 Å². The number of hydrogen-bond acceptors (Lipinski definition) is 8. The number of piperidine rings is 1. The lowest BCUT2D eigenvalue weighted by molar-refractivity contribution is -0.127. The van der Waals surface area contributed by atoms with Gasteiger partial charge in [0.25, 0.3) is 5.56 Å². The number of nitrogens with one attached hydrogen (secondary N) is 1. The van der Waals surface area contributed by atoms with E-state index in [0.29, 0.717) is 43.0 Å². The monoisotopic (exact) mass is 503 g/mol. The first-order valence-electron chi connectivity index (χ1n) is 12.7. The molecule has 0 radical (unpaired) electrons. The van der Waals surface area contributed by atoms with Gasteiger partial charge >= 0.3 is 0 Å². The highest BCUT2D eigenvalue weighted by Crippen LogP contribution is 2.31. The maximum absolute atomic E-state index is 12.6. The molecule has 10 heteroatoms. The Labute approximate surface area is 215 Å². The lowest BCUT2D eigenvalue weighted by Crippen LogP contribution is -2.39. The highest BCUT2D eigenvalue weighted by molar-refractivity contribution is 6.18. The van der Waals surface area contributed by atoms with E-state index < -0.39 is 5.56 Å². The van der Waals surface area contributed by atoms with Crippen molar-refractivity contribution in [3.8, 4) is 0 Å². The summed E-state index contributed by atoms with van der Waals surface area (Å²) < 4.78 is 6.24. The fourth-order valence-corrected chi connectivity index (χ4v) is 4.90. The van der Waals surface area contributed by atoms with E-state index in [4.69, 9.17) is 20.9 Å². The number of aromatic nitrogens is 2. The maximum atomic E-state index is 12.6. The summed E-state index contributed by atoms with van der Waals surface area (Å²) in [7, 11) is 0. The highest BCUT2D eigenvalue weighted by Gasteiger charge is 2.27. The Kier molecular flexibility index (Phi) is 6.84. The van der Waals surface area contributed by atoms with Crippen molar-refractivity contribution in [2.45, 2.75) is 39.2 Å². The SMILES string of the molecule is Cc1ccc2oc(C(=NC3CCN(C(=O)/C=C/CN4CCC4)CC3)c3c(N)n[nH]c(=O)c3N)c(C)c2c1. The highest BCUT2D eigenvalue weighted by atomic mass is 16.3. The zero-order valence-corrected chi connectivity index (χ0v) is 21.3. The number of furan rings is 1. The van der Waals surface area contributed by atoms with Gasteiger partial charge in [0.2, 0.25) is 5.91 Å². The molecule has 0 unspecified atom stereocenters. The molecule has 0 atom stereocenters. The predicted molar refractivity (Wildman–Crippen MR) is 145 cm³/mol. The number of amides is 1. The van der Waals surface area contributed by atoms with Crippen LogP contribution in [0.25, 0.3) is 11.0 Å². The van der Waals surface area contributed by atoms with Crippen molar-refractivity contribution in [1.82, 2.24) is 20.0 Å². The second-order valence-electron chi connectivity index (χ2n) is 9.87. The molecule has 4 heterocycles. The molecular formula is C27H33N7O3. The van der Waals surface area contributed by atoms with Gasteiger partial charge in [-0.15, -0.1) is 0 Å². The van der Waals surface area contributed by atoms with Crippen LogP contribution in [0.15, 0.2) is 44.6 Å². The zero-order chi connectivity index (χ0) is 26.1.